The van der Waals surface area contributed by atoms with Crippen LogP contribution in [0.1, 0.15) is 38.5 Å². The quantitative estimate of drug-likeness (QED) is 0.218. The zero-order chi connectivity index (χ0) is 19.5. The Bertz CT molecular complexity index is 776. The van der Waals surface area contributed by atoms with Gasteiger partial charge >= 0.3 is 0 Å². The van der Waals surface area contributed by atoms with Gasteiger partial charge in [-0.3, -0.25) is 0 Å². The highest BCUT2D eigenvalue weighted by atomic mass is 31.2. The molecule has 3 aromatic rings. The number of allylic oxidation sites excluding steroid dienone is 1. The number of hydrogen-bond acceptors (Lipinski definition) is 0. The Labute approximate surface area is 170 Å². The van der Waals surface area contributed by atoms with E-state index in [1.165, 1.54) is 41.6 Å². The summed E-state index contributed by atoms with van der Waals surface area (Å²) in [5.74, 6) is 2.65. The number of rotatable bonds is 10. The molecule has 3 aromatic carbocycles. The molecular weight excluding hydrogens is 355 g/mol. The van der Waals surface area contributed by atoms with E-state index >= 15 is 0 Å². The molecule has 0 aromatic heterocycles. The van der Waals surface area contributed by atoms with Crippen molar-refractivity contribution in [3.63, 3.8) is 0 Å². The molecule has 0 saturated carbocycles. The Kier molecular flexibility index (Phi) is 7.94. The number of unbranched alkanes of at least 4 members (excludes halogenated alkanes) is 5. The van der Waals surface area contributed by atoms with E-state index in [0.717, 1.165) is 12.8 Å². The van der Waals surface area contributed by atoms with Gasteiger partial charge in [0.05, 0.1) is 0 Å². The Balaban J connectivity index is 2.02. The SMILES string of the molecule is C=CCCCCCCC=P(c1ccccc1)(c1ccccc1)c1ccccc1. The second-order valence-electron chi connectivity index (χ2n) is 7.19. The van der Waals surface area contributed by atoms with E-state index in [9.17, 15) is 0 Å². The predicted molar refractivity (Wildman–Crippen MR) is 129 cm³/mol. The maximum atomic E-state index is 3.83. The van der Waals surface area contributed by atoms with Crippen molar-refractivity contribution < 1.29 is 0 Å². The van der Waals surface area contributed by atoms with Crippen molar-refractivity contribution in [2.45, 2.75) is 38.5 Å². The smallest absolute Gasteiger partial charge is 0.0163 e. The van der Waals surface area contributed by atoms with Crippen molar-refractivity contribution in [2.24, 2.45) is 0 Å². The summed E-state index contributed by atoms with van der Waals surface area (Å²) in [6, 6.07) is 33.3. The fraction of sp³-hybridized carbons (Fsp3) is 0.222. The molecule has 0 N–H and O–H groups in total. The van der Waals surface area contributed by atoms with Crippen LogP contribution in [0.4, 0.5) is 0 Å². The van der Waals surface area contributed by atoms with Gasteiger partial charge in [-0.15, -0.1) is 6.58 Å². The average molecular weight is 387 g/mol. The standard InChI is InChI=1S/C27H31P/c1-2-3-4-5-6-7-17-24-28(25-18-11-8-12-19-25,26-20-13-9-14-21-26)27-22-15-10-16-23-27/h2,8-16,18-24H,1,3-7,17H2. The molecular formula is C27H31P. The van der Waals surface area contributed by atoms with Crippen molar-refractivity contribution in [3.05, 3.63) is 104 Å². The second-order valence-corrected chi connectivity index (χ2v) is 10.6. The normalized spacial score (nSPS) is 11.1. The maximum Gasteiger partial charge on any atom is -0.0163 e. The van der Waals surface area contributed by atoms with Crippen LogP contribution in [-0.2, 0) is 0 Å². The summed E-state index contributed by atoms with van der Waals surface area (Å²) < 4.78 is 0. The van der Waals surface area contributed by atoms with Crippen molar-refractivity contribution in [1.29, 1.82) is 0 Å². The first-order valence-electron chi connectivity index (χ1n) is 10.4. The lowest BCUT2D eigenvalue weighted by atomic mass is 10.1. The number of hydrogen-bond donors (Lipinski definition) is 0. The van der Waals surface area contributed by atoms with Crippen LogP contribution in [0.25, 0.3) is 0 Å². The highest BCUT2D eigenvalue weighted by molar-refractivity contribution is 7.94. The van der Waals surface area contributed by atoms with Crippen molar-refractivity contribution in [2.75, 3.05) is 0 Å². The van der Waals surface area contributed by atoms with Gasteiger partial charge in [-0.1, -0.05) is 116 Å². The largest absolute Gasteiger partial charge is 0.103 e. The number of benzene rings is 3. The predicted octanol–water partition coefficient (Wildman–Crippen LogP) is 6.31. The molecule has 0 spiro atoms. The second kappa shape index (κ2) is 10.9. The Hall–Kier alpha value is -2.30. The van der Waals surface area contributed by atoms with E-state index in [1.807, 2.05) is 6.08 Å². The zero-order valence-corrected chi connectivity index (χ0v) is 17.6. The lowest BCUT2D eigenvalue weighted by Gasteiger charge is -2.29. The van der Waals surface area contributed by atoms with Gasteiger partial charge in [0.2, 0.25) is 0 Å². The fourth-order valence-corrected chi connectivity index (χ4v) is 7.85. The Morgan fingerprint density at radius 2 is 0.929 bits per heavy atom. The molecule has 144 valence electrons. The summed E-state index contributed by atoms with van der Waals surface area (Å²) >= 11 is 0. The Morgan fingerprint density at radius 1 is 0.536 bits per heavy atom. The molecule has 0 nitrogen and oxygen atoms in total. The Morgan fingerprint density at radius 3 is 1.32 bits per heavy atom. The molecule has 0 bridgehead atoms. The van der Waals surface area contributed by atoms with Gasteiger partial charge in [0.1, 0.15) is 0 Å². The van der Waals surface area contributed by atoms with Crippen LogP contribution < -0.4 is 15.9 Å². The molecule has 0 fully saturated rings. The minimum Gasteiger partial charge on any atom is -0.103 e. The summed E-state index contributed by atoms with van der Waals surface area (Å²) in [6.45, 7) is 2.07. The highest BCUT2D eigenvalue weighted by Gasteiger charge is 2.24. The van der Waals surface area contributed by atoms with E-state index in [4.69, 9.17) is 0 Å². The third kappa shape index (κ3) is 4.94. The van der Waals surface area contributed by atoms with Crippen LogP contribution in [0.3, 0.4) is 0 Å². The summed E-state index contributed by atoms with van der Waals surface area (Å²) in [5, 5.41) is 4.33. The van der Waals surface area contributed by atoms with E-state index in [2.05, 4.69) is 103 Å². The van der Waals surface area contributed by atoms with E-state index in [-0.39, 0.29) is 0 Å². The van der Waals surface area contributed by atoms with Gasteiger partial charge in [0.25, 0.3) is 0 Å². The third-order valence-electron chi connectivity index (χ3n) is 5.26. The molecule has 1 heteroatoms. The molecule has 0 amide bonds. The molecule has 0 heterocycles. The topological polar surface area (TPSA) is 0 Å². The first kappa shape index (κ1) is 20.4. The van der Waals surface area contributed by atoms with Crippen LogP contribution in [0.2, 0.25) is 0 Å². The van der Waals surface area contributed by atoms with Crippen molar-refractivity contribution >= 4 is 28.6 Å². The molecule has 0 atom stereocenters. The fourth-order valence-electron chi connectivity index (χ4n) is 3.82. The van der Waals surface area contributed by atoms with Gasteiger partial charge in [-0.25, -0.2) is 0 Å². The minimum absolute atomic E-state index is 1.14. The first-order valence-corrected chi connectivity index (χ1v) is 12.2. The van der Waals surface area contributed by atoms with Gasteiger partial charge in [0.15, 0.2) is 0 Å². The molecule has 0 radical (unpaired) electrons. The average Bonchev–Trinajstić information content (AvgIpc) is 2.78. The monoisotopic (exact) mass is 386 g/mol. The third-order valence-corrected chi connectivity index (χ3v) is 9.40. The van der Waals surface area contributed by atoms with E-state index in [0.29, 0.717) is 0 Å². The van der Waals surface area contributed by atoms with Crippen LogP contribution in [0.15, 0.2) is 104 Å². The van der Waals surface area contributed by atoms with Gasteiger partial charge in [-0.2, -0.15) is 0 Å². The molecule has 0 aliphatic heterocycles. The first-order chi connectivity index (χ1) is 13.9. The van der Waals surface area contributed by atoms with E-state index < -0.39 is 6.89 Å². The minimum atomic E-state index is -1.76. The molecule has 0 aliphatic rings. The highest BCUT2D eigenvalue weighted by Crippen LogP contribution is 2.44. The molecule has 28 heavy (non-hydrogen) atoms. The van der Waals surface area contributed by atoms with Crippen LogP contribution >= 0.6 is 6.89 Å². The summed E-state index contributed by atoms with van der Waals surface area (Å²) in [6.07, 6.45) is 9.43. The van der Waals surface area contributed by atoms with Crippen LogP contribution in [-0.4, -0.2) is 5.80 Å². The molecule has 3 rings (SSSR count). The van der Waals surface area contributed by atoms with E-state index in [1.54, 1.807) is 0 Å². The molecule has 0 aliphatic carbocycles. The molecule has 0 unspecified atom stereocenters. The van der Waals surface area contributed by atoms with Crippen molar-refractivity contribution in [3.8, 4) is 0 Å². The molecule has 0 saturated heterocycles. The van der Waals surface area contributed by atoms with Crippen LogP contribution in [0, 0.1) is 0 Å². The van der Waals surface area contributed by atoms with Gasteiger partial charge in [-0.05, 0) is 48.5 Å². The summed E-state index contributed by atoms with van der Waals surface area (Å²) in [4.78, 5) is 0. The maximum absolute atomic E-state index is 3.83. The zero-order valence-electron chi connectivity index (χ0n) is 16.7. The summed E-state index contributed by atoms with van der Waals surface area (Å²) in [7, 11) is 0. The van der Waals surface area contributed by atoms with Gasteiger partial charge in [0, 0.05) is 0 Å². The summed E-state index contributed by atoms with van der Waals surface area (Å²) in [5.41, 5.74) is 0. The van der Waals surface area contributed by atoms with Gasteiger partial charge < -0.3 is 0 Å². The van der Waals surface area contributed by atoms with Crippen LogP contribution in [0.5, 0.6) is 0 Å². The lowest BCUT2D eigenvalue weighted by molar-refractivity contribution is 0.662. The van der Waals surface area contributed by atoms with Crippen molar-refractivity contribution in [1.82, 2.24) is 0 Å². The lowest BCUT2D eigenvalue weighted by Crippen LogP contribution is -2.26.